The van der Waals surface area contributed by atoms with Gasteiger partial charge in [0.25, 0.3) is 0 Å². The predicted molar refractivity (Wildman–Crippen MR) is 91.5 cm³/mol. The van der Waals surface area contributed by atoms with Gasteiger partial charge in [-0.15, -0.1) is 11.8 Å². The summed E-state index contributed by atoms with van der Waals surface area (Å²) >= 11 is 7.51. The summed E-state index contributed by atoms with van der Waals surface area (Å²) in [6.07, 6.45) is 2.54. The highest BCUT2D eigenvalue weighted by molar-refractivity contribution is 8.00. The molecule has 0 aliphatic carbocycles. The number of piperidine rings is 1. The monoisotopic (exact) mass is 342 g/mol. The highest BCUT2D eigenvalue weighted by Crippen LogP contribution is 2.26. The van der Waals surface area contributed by atoms with Crippen LogP contribution in [-0.2, 0) is 4.79 Å². The maximum atomic E-state index is 11.8. The second-order valence-electron chi connectivity index (χ2n) is 5.50. The predicted octanol–water partition coefficient (Wildman–Crippen LogP) is 2.40. The molecule has 22 heavy (non-hydrogen) atoms. The van der Waals surface area contributed by atoms with Crippen molar-refractivity contribution in [3.63, 3.8) is 0 Å². The molecule has 0 spiro atoms. The van der Waals surface area contributed by atoms with E-state index in [-0.39, 0.29) is 12.0 Å². The topological polar surface area (TPSA) is 52.6 Å². The molecular formula is C16H23ClN2O2S. The van der Waals surface area contributed by atoms with Crippen LogP contribution in [0.4, 0.5) is 0 Å². The first-order valence-electron chi connectivity index (χ1n) is 7.69. The van der Waals surface area contributed by atoms with Crippen LogP contribution in [0.25, 0.3) is 0 Å². The Balaban J connectivity index is 1.55. The van der Waals surface area contributed by atoms with Crippen LogP contribution in [0.5, 0.6) is 0 Å². The molecule has 0 bridgehead atoms. The molecule has 0 radical (unpaired) electrons. The lowest BCUT2D eigenvalue weighted by Crippen LogP contribution is -2.37. The molecule has 1 heterocycles. The van der Waals surface area contributed by atoms with Gasteiger partial charge in [-0.1, -0.05) is 23.7 Å². The fourth-order valence-electron chi connectivity index (χ4n) is 2.43. The van der Waals surface area contributed by atoms with Crippen LogP contribution in [0.3, 0.4) is 0 Å². The molecular weight excluding hydrogens is 320 g/mol. The van der Waals surface area contributed by atoms with Gasteiger partial charge in [-0.05, 0) is 37.9 Å². The maximum absolute atomic E-state index is 11.8. The first-order chi connectivity index (χ1) is 10.6. The van der Waals surface area contributed by atoms with E-state index >= 15 is 0 Å². The van der Waals surface area contributed by atoms with Crippen molar-refractivity contribution >= 4 is 29.3 Å². The van der Waals surface area contributed by atoms with Gasteiger partial charge in [0.05, 0.1) is 16.9 Å². The number of nitrogens with one attached hydrogen (secondary N) is 1. The van der Waals surface area contributed by atoms with Crippen LogP contribution in [0.1, 0.15) is 19.3 Å². The summed E-state index contributed by atoms with van der Waals surface area (Å²) in [7, 11) is 0. The summed E-state index contributed by atoms with van der Waals surface area (Å²) in [5.41, 5.74) is 0. The number of hydrogen-bond donors (Lipinski definition) is 2. The third kappa shape index (κ3) is 6.16. The van der Waals surface area contributed by atoms with Crippen molar-refractivity contribution in [3.05, 3.63) is 29.3 Å². The normalized spacial score (nSPS) is 16.6. The minimum atomic E-state index is -0.127. The summed E-state index contributed by atoms with van der Waals surface area (Å²) in [4.78, 5) is 15.1. The molecule has 1 aromatic rings. The number of carbonyl (C=O) groups is 1. The number of benzene rings is 1. The molecule has 1 aliphatic rings. The molecule has 0 atom stereocenters. The number of likely N-dealkylation sites (tertiary alicyclic amines) is 1. The Morgan fingerprint density at radius 1 is 1.36 bits per heavy atom. The fraction of sp³-hybridized carbons (Fsp3) is 0.562. The van der Waals surface area contributed by atoms with E-state index in [1.165, 1.54) is 11.8 Å². The highest BCUT2D eigenvalue weighted by Gasteiger charge is 2.16. The minimum absolute atomic E-state index is 0.0407. The van der Waals surface area contributed by atoms with Gasteiger partial charge < -0.3 is 15.3 Å². The molecule has 1 amide bonds. The van der Waals surface area contributed by atoms with Gasteiger partial charge in [0, 0.05) is 24.5 Å². The number of thioether (sulfide) groups is 1. The Kier molecular flexibility index (Phi) is 7.52. The molecule has 2 N–H and O–H groups in total. The van der Waals surface area contributed by atoms with Crippen molar-refractivity contribution in [3.8, 4) is 0 Å². The van der Waals surface area contributed by atoms with Crippen molar-refractivity contribution < 1.29 is 9.90 Å². The Labute approximate surface area is 141 Å². The van der Waals surface area contributed by atoms with Crippen LogP contribution >= 0.6 is 23.4 Å². The lowest BCUT2D eigenvalue weighted by molar-refractivity contribution is -0.118. The number of carbonyl (C=O) groups excluding carboxylic acids is 1. The summed E-state index contributed by atoms with van der Waals surface area (Å²) < 4.78 is 0. The molecule has 1 saturated heterocycles. The number of aliphatic hydroxyl groups is 1. The molecule has 0 aromatic heterocycles. The third-order valence-corrected chi connectivity index (χ3v) is 5.24. The maximum Gasteiger partial charge on any atom is 0.230 e. The van der Waals surface area contributed by atoms with Crippen molar-refractivity contribution in [2.45, 2.75) is 30.3 Å². The van der Waals surface area contributed by atoms with Crippen molar-refractivity contribution in [1.82, 2.24) is 10.2 Å². The average Bonchev–Trinajstić information content (AvgIpc) is 2.52. The van der Waals surface area contributed by atoms with E-state index < -0.39 is 0 Å². The van der Waals surface area contributed by atoms with Crippen molar-refractivity contribution in [2.75, 3.05) is 31.9 Å². The molecule has 122 valence electrons. The fourth-order valence-corrected chi connectivity index (χ4v) is 3.50. The number of nitrogens with zero attached hydrogens (tertiary/aromatic N) is 1. The standard InChI is InChI=1S/C16H23ClN2O2S/c17-14-4-1-2-5-15(14)22-12-16(21)18-8-3-9-19-10-6-13(20)7-11-19/h1-2,4-5,13,20H,3,6-12H2,(H,18,21). The van der Waals surface area contributed by atoms with Gasteiger partial charge in [-0.25, -0.2) is 0 Å². The van der Waals surface area contributed by atoms with Crippen LogP contribution < -0.4 is 5.32 Å². The van der Waals surface area contributed by atoms with E-state index in [0.717, 1.165) is 43.8 Å². The van der Waals surface area contributed by atoms with Crippen molar-refractivity contribution in [1.29, 1.82) is 0 Å². The van der Waals surface area contributed by atoms with Crippen LogP contribution in [0.2, 0.25) is 5.02 Å². The summed E-state index contributed by atoms with van der Waals surface area (Å²) in [5, 5.41) is 13.1. The highest BCUT2D eigenvalue weighted by atomic mass is 35.5. The zero-order valence-corrected chi connectivity index (χ0v) is 14.2. The lowest BCUT2D eigenvalue weighted by atomic mass is 10.1. The molecule has 0 saturated carbocycles. The largest absolute Gasteiger partial charge is 0.393 e. The second kappa shape index (κ2) is 9.40. The van der Waals surface area contributed by atoms with Gasteiger partial charge in [0.2, 0.25) is 5.91 Å². The third-order valence-electron chi connectivity index (χ3n) is 3.73. The van der Waals surface area contributed by atoms with Crippen LogP contribution in [-0.4, -0.2) is 53.9 Å². The smallest absolute Gasteiger partial charge is 0.230 e. The van der Waals surface area contributed by atoms with Gasteiger partial charge in [0.15, 0.2) is 0 Å². The number of amides is 1. The summed E-state index contributed by atoms with van der Waals surface area (Å²) in [6, 6.07) is 7.55. The van der Waals surface area contributed by atoms with Crippen molar-refractivity contribution in [2.24, 2.45) is 0 Å². The molecule has 2 rings (SSSR count). The number of rotatable bonds is 7. The summed E-state index contributed by atoms with van der Waals surface area (Å²) in [5.74, 6) is 0.429. The Hall–Kier alpha value is -0.750. The summed E-state index contributed by atoms with van der Waals surface area (Å²) in [6.45, 7) is 3.58. The zero-order chi connectivity index (χ0) is 15.8. The molecule has 4 nitrogen and oxygen atoms in total. The van der Waals surface area contributed by atoms with Crippen LogP contribution in [0.15, 0.2) is 29.2 Å². The van der Waals surface area contributed by atoms with Gasteiger partial charge in [-0.2, -0.15) is 0 Å². The van der Waals surface area contributed by atoms with Crippen LogP contribution in [0, 0.1) is 0 Å². The van der Waals surface area contributed by atoms with E-state index in [4.69, 9.17) is 11.6 Å². The van der Waals surface area contributed by atoms with E-state index in [0.29, 0.717) is 17.3 Å². The Morgan fingerprint density at radius 2 is 2.09 bits per heavy atom. The van der Waals surface area contributed by atoms with Gasteiger partial charge in [0.1, 0.15) is 0 Å². The van der Waals surface area contributed by atoms with Gasteiger partial charge >= 0.3 is 0 Å². The van der Waals surface area contributed by atoms with Gasteiger partial charge in [-0.3, -0.25) is 4.79 Å². The lowest BCUT2D eigenvalue weighted by Gasteiger charge is -2.29. The minimum Gasteiger partial charge on any atom is -0.393 e. The molecule has 1 fully saturated rings. The van der Waals surface area contributed by atoms with E-state index in [2.05, 4.69) is 10.2 Å². The molecule has 1 aliphatic heterocycles. The first kappa shape index (κ1) is 17.6. The molecule has 1 aromatic carbocycles. The quantitative estimate of drug-likeness (QED) is 0.590. The van der Waals surface area contributed by atoms with E-state index in [9.17, 15) is 9.90 Å². The number of aliphatic hydroxyl groups excluding tert-OH is 1. The number of hydrogen-bond acceptors (Lipinski definition) is 4. The SMILES string of the molecule is O=C(CSc1ccccc1Cl)NCCCN1CCC(O)CC1. The molecule has 0 unspecified atom stereocenters. The zero-order valence-electron chi connectivity index (χ0n) is 12.6. The Morgan fingerprint density at radius 3 is 2.82 bits per heavy atom. The molecule has 6 heteroatoms. The average molecular weight is 343 g/mol. The van der Waals surface area contributed by atoms with E-state index in [1.54, 1.807) is 0 Å². The number of halogens is 1. The van der Waals surface area contributed by atoms with E-state index in [1.807, 2.05) is 24.3 Å². The Bertz CT molecular complexity index is 479. The second-order valence-corrected chi connectivity index (χ2v) is 6.92. The first-order valence-corrected chi connectivity index (χ1v) is 9.06.